The normalized spacial score (nSPS) is 10.4. The lowest BCUT2D eigenvalue weighted by Crippen LogP contribution is -1.86. The van der Waals surface area contributed by atoms with Gasteiger partial charge in [-0.1, -0.05) is 0 Å². The van der Waals surface area contributed by atoms with Gasteiger partial charge in [0.2, 0.25) is 0 Å². The number of rotatable bonds is 2. The maximum Gasteiger partial charge on any atom is 0.102 e. The first kappa shape index (κ1) is 9.65. The first-order chi connectivity index (χ1) is 8.45. The fourth-order valence-corrected chi connectivity index (χ4v) is 1.65. The molecule has 0 atom stereocenters. The van der Waals surface area contributed by atoms with Gasteiger partial charge in [0.15, 0.2) is 0 Å². The molecule has 0 radical (unpaired) electrons. The van der Waals surface area contributed by atoms with E-state index >= 15 is 0 Å². The molecular weight excluding hydrogens is 214 g/mol. The molecule has 3 aromatic heterocycles. The van der Waals surface area contributed by atoms with Gasteiger partial charge in [0.1, 0.15) is 5.69 Å². The van der Waals surface area contributed by atoms with Crippen molar-refractivity contribution in [2.75, 3.05) is 0 Å². The molecule has 0 amide bonds. The van der Waals surface area contributed by atoms with Gasteiger partial charge in [0, 0.05) is 42.1 Å². The maximum absolute atomic E-state index is 4.27. The van der Waals surface area contributed by atoms with Crippen LogP contribution in [0.2, 0.25) is 0 Å². The van der Waals surface area contributed by atoms with Gasteiger partial charge in [-0.3, -0.25) is 20.1 Å². The minimum absolute atomic E-state index is 0.799. The predicted molar refractivity (Wildman–Crippen MR) is 62.8 cm³/mol. The second-order valence-corrected chi connectivity index (χ2v) is 3.47. The van der Waals surface area contributed by atoms with E-state index in [2.05, 4.69) is 25.1 Å². The van der Waals surface area contributed by atoms with E-state index in [1.807, 2.05) is 18.3 Å². The van der Waals surface area contributed by atoms with E-state index in [9.17, 15) is 0 Å². The molecule has 0 aliphatic heterocycles. The van der Waals surface area contributed by atoms with Gasteiger partial charge >= 0.3 is 0 Å². The Hall–Kier alpha value is -2.56. The van der Waals surface area contributed by atoms with Crippen LogP contribution >= 0.6 is 0 Å². The Morgan fingerprint density at radius 1 is 0.941 bits per heavy atom. The zero-order valence-corrected chi connectivity index (χ0v) is 8.91. The van der Waals surface area contributed by atoms with Crippen LogP contribution in [-0.4, -0.2) is 25.1 Å². The Morgan fingerprint density at radius 2 is 1.82 bits per heavy atom. The van der Waals surface area contributed by atoms with E-state index in [0.29, 0.717) is 0 Å². The third-order valence-electron chi connectivity index (χ3n) is 2.43. The molecule has 3 rings (SSSR count). The Bertz CT molecular complexity index is 549. The fraction of sp³-hybridized carbons (Fsp3) is 0. The zero-order valence-electron chi connectivity index (χ0n) is 8.91. The van der Waals surface area contributed by atoms with Crippen molar-refractivity contribution in [2.45, 2.75) is 0 Å². The Kier molecular flexibility index (Phi) is 2.34. The van der Waals surface area contributed by atoms with Gasteiger partial charge in [-0.25, -0.2) is 0 Å². The molecule has 17 heavy (non-hydrogen) atoms. The third-order valence-corrected chi connectivity index (χ3v) is 2.43. The molecule has 3 heterocycles. The van der Waals surface area contributed by atoms with Crippen LogP contribution in [0.25, 0.3) is 22.5 Å². The SMILES string of the molecule is c1cc(-c2n[nH]cc2-c2cnccn2)ccn1. The second kappa shape index (κ2) is 4.13. The van der Waals surface area contributed by atoms with E-state index in [1.165, 1.54) is 0 Å². The van der Waals surface area contributed by atoms with Crippen molar-refractivity contribution in [3.8, 4) is 22.5 Å². The van der Waals surface area contributed by atoms with Gasteiger partial charge in [-0.2, -0.15) is 5.10 Å². The number of hydrogen-bond donors (Lipinski definition) is 1. The van der Waals surface area contributed by atoms with E-state index in [-0.39, 0.29) is 0 Å². The van der Waals surface area contributed by atoms with Gasteiger partial charge in [0.25, 0.3) is 0 Å². The molecule has 0 fully saturated rings. The number of pyridine rings is 1. The smallest absolute Gasteiger partial charge is 0.102 e. The van der Waals surface area contributed by atoms with Crippen molar-refractivity contribution in [3.05, 3.63) is 49.3 Å². The van der Waals surface area contributed by atoms with Crippen LogP contribution in [0.1, 0.15) is 0 Å². The summed E-state index contributed by atoms with van der Waals surface area (Å²) in [6.07, 6.45) is 10.3. The summed E-state index contributed by atoms with van der Waals surface area (Å²) < 4.78 is 0. The molecule has 0 unspecified atom stereocenters. The highest BCUT2D eigenvalue weighted by Crippen LogP contribution is 2.27. The van der Waals surface area contributed by atoms with Crippen LogP contribution < -0.4 is 0 Å². The van der Waals surface area contributed by atoms with Gasteiger partial charge < -0.3 is 0 Å². The highest BCUT2D eigenvalue weighted by atomic mass is 15.1. The van der Waals surface area contributed by atoms with E-state index in [4.69, 9.17) is 0 Å². The summed E-state index contributed by atoms with van der Waals surface area (Å²) in [6.45, 7) is 0. The highest BCUT2D eigenvalue weighted by molar-refractivity contribution is 5.77. The van der Waals surface area contributed by atoms with E-state index in [1.54, 1.807) is 31.0 Å². The van der Waals surface area contributed by atoms with Crippen molar-refractivity contribution >= 4 is 0 Å². The number of nitrogens with one attached hydrogen (secondary N) is 1. The molecule has 0 saturated heterocycles. The van der Waals surface area contributed by atoms with Crippen LogP contribution in [-0.2, 0) is 0 Å². The highest BCUT2D eigenvalue weighted by Gasteiger charge is 2.10. The summed E-state index contributed by atoms with van der Waals surface area (Å²) in [5.74, 6) is 0. The maximum atomic E-state index is 4.27. The molecule has 0 spiro atoms. The lowest BCUT2D eigenvalue weighted by atomic mass is 10.1. The van der Waals surface area contributed by atoms with E-state index < -0.39 is 0 Å². The first-order valence-corrected chi connectivity index (χ1v) is 5.16. The average Bonchev–Trinajstić information content (AvgIpc) is 2.90. The fourth-order valence-electron chi connectivity index (χ4n) is 1.65. The molecule has 0 bridgehead atoms. The van der Waals surface area contributed by atoms with Crippen LogP contribution in [0.15, 0.2) is 49.3 Å². The molecule has 5 heteroatoms. The van der Waals surface area contributed by atoms with Crippen LogP contribution in [0, 0.1) is 0 Å². The van der Waals surface area contributed by atoms with E-state index in [0.717, 1.165) is 22.5 Å². The summed E-state index contributed by atoms with van der Waals surface area (Å²) in [5.41, 5.74) is 3.59. The van der Waals surface area contributed by atoms with Crippen LogP contribution in [0.3, 0.4) is 0 Å². The van der Waals surface area contributed by atoms with Crippen molar-refractivity contribution < 1.29 is 0 Å². The van der Waals surface area contributed by atoms with Crippen LogP contribution in [0.5, 0.6) is 0 Å². The van der Waals surface area contributed by atoms with Gasteiger partial charge in [-0.05, 0) is 12.1 Å². The Morgan fingerprint density at radius 3 is 2.59 bits per heavy atom. The quantitative estimate of drug-likeness (QED) is 0.720. The summed E-state index contributed by atoms with van der Waals surface area (Å²) >= 11 is 0. The van der Waals surface area contributed by atoms with Crippen molar-refractivity contribution in [1.29, 1.82) is 0 Å². The molecule has 3 aromatic rings. The standard InChI is InChI=1S/C12H9N5/c1-3-13-4-2-9(1)12-10(7-16-17-12)11-8-14-5-6-15-11/h1-8H,(H,16,17). The Balaban J connectivity index is 2.13. The van der Waals surface area contributed by atoms with Crippen molar-refractivity contribution in [2.24, 2.45) is 0 Å². The number of aromatic amines is 1. The lowest BCUT2D eigenvalue weighted by Gasteiger charge is -2.00. The van der Waals surface area contributed by atoms with Crippen LogP contribution in [0.4, 0.5) is 0 Å². The largest absolute Gasteiger partial charge is 0.284 e. The van der Waals surface area contributed by atoms with Crippen molar-refractivity contribution in [3.63, 3.8) is 0 Å². The third kappa shape index (κ3) is 1.78. The summed E-state index contributed by atoms with van der Waals surface area (Å²) in [5, 5.41) is 7.10. The molecule has 0 aliphatic rings. The molecule has 0 aliphatic carbocycles. The number of aromatic nitrogens is 5. The summed E-state index contributed by atoms with van der Waals surface area (Å²) in [4.78, 5) is 12.3. The molecule has 82 valence electrons. The summed E-state index contributed by atoms with van der Waals surface area (Å²) in [6, 6.07) is 3.83. The molecule has 0 aromatic carbocycles. The second-order valence-electron chi connectivity index (χ2n) is 3.47. The molecule has 1 N–H and O–H groups in total. The minimum Gasteiger partial charge on any atom is -0.284 e. The minimum atomic E-state index is 0.799. The number of H-pyrrole nitrogens is 1. The summed E-state index contributed by atoms with van der Waals surface area (Å²) in [7, 11) is 0. The predicted octanol–water partition coefficient (Wildman–Crippen LogP) is 1.93. The molecular formula is C12H9N5. The number of nitrogens with zero attached hydrogens (tertiary/aromatic N) is 4. The Labute approximate surface area is 97.6 Å². The van der Waals surface area contributed by atoms with Gasteiger partial charge in [-0.15, -0.1) is 0 Å². The van der Waals surface area contributed by atoms with Crippen molar-refractivity contribution in [1.82, 2.24) is 25.1 Å². The monoisotopic (exact) mass is 223 g/mol. The first-order valence-electron chi connectivity index (χ1n) is 5.16. The lowest BCUT2D eigenvalue weighted by molar-refractivity contribution is 1.09. The molecule has 5 nitrogen and oxygen atoms in total. The number of hydrogen-bond acceptors (Lipinski definition) is 4. The molecule has 0 saturated carbocycles. The topological polar surface area (TPSA) is 67.3 Å². The zero-order chi connectivity index (χ0) is 11.5. The van der Waals surface area contributed by atoms with Gasteiger partial charge in [0.05, 0.1) is 11.9 Å². The average molecular weight is 223 g/mol.